The Morgan fingerprint density at radius 1 is 0.794 bits per heavy atom. The summed E-state index contributed by atoms with van der Waals surface area (Å²) in [6.07, 6.45) is 0.729. The second kappa shape index (κ2) is 12.2. The van der Waals surface area contributed by atoms with Crippen LogP contribution in [0.4, 0.5) is 0 Å². The van der Waals surface area contributed by atoms with Crippen molar-refractivity contribution in [2.24, 2.45) is 5.92 Å². The smallest absolute Gasteiger partial charge is 0.243 e. The zero-order valence-electron chi connectivity index (χ0n) is 20.8. The summed E-state index contributed by atoms with van der Waals surface area (Å²) in [5, 5.41) is 3.07. The van der Waals surface area contributed by atoms with Crippen LogP contribution in [0.25, 0.3) is 0 Å². The average Bonchev–Trinajstić information content (AvgIpc) is 2.83. The fraction of sp³-hybridized carbons (Fsp3) is 0.333. The number of carbonyl (C=O) groups is 2. The Labute approximate surface area is 204 Å². The molecule has 3 aromatic rings. The average molecular weight is 457 g/mol. The topological polar surface area (TPSA) is 49.4 Å². The lowest BCUT2D eigenvalue weighted by atomic mass is 10.00. The van der Waals surface area contributed by atoms with E-state index in [1.165, 1.54) is 5.56 Å². The predicted molar refractivity (Wildman–Crippen MR) is 138 cm³/mol. The second-order valence-electron chi connectivity index (χ2n) is 9.45. The Kier molecular flexibility index (Phi) is 9.03. The summed E-state index contributed by atoms with van der Waals surface area (Å²) >= 11 is 0. The van der Waals surface area contributed by atoms with E-state index in [1.54, 1.807) is 4.90 Å². The normalized spacial score (nSPS) is 11.8. The fourth-order valence-corrected chi connectivity index (χ4v) is 3.95. The van der Waals surface area contributed by atoms with Crippen molar-refractivity contribution in [1.82, 2.24) is 10.2 Å². The number of aryl methyl sites for hydroxylation is 2. The van der Waals surface area contributed by atoms with Gasteiger partial charge in [0.2, 0.25) is 11.8 Å². The van der Waals surface area contributed by atoms with E-state index in [0.717, 1.165) is 22.3 Å². The number of hydrogen-bond acceptors (Lipinski definition) is 2. The van der Waals surface area contributed by atoms with Gasteiger partial charge >= 0.3 is 0 Å². The molecule has 0 spiro atoms. The van der Waals surface area contributed by atoms with Gasteiger partial charge in [0.1, 0.15) is 6.04 Å². The first kappa shape index (κ1) is 25.2. The zero-order chi connectivity index (χ0) is 24.5. The Morgan fingerprint density at radius 2 is 1.41 bits per heavy atom. The maximum Gasteiger partial charge on any atom is 0.243 e. The molecule has 0 aliphatic rings. The van der Waals surface area contributed by atoms with Gasteiger partial charge in [-0.3, -0.25) is 9.59 Å². The van der Waals surface area contributed by atoms with Gasteiger partial charge in [-0.2, -0.15) is 0 Å². The molecule has 4 heteroatoms. The van der Waals surface area contributed by atoms with Crippen LogP contribution in [0.1, 0.15) is 41.7 Å². The van der Waals surface area contributed by atoms with Crippen molar-refractivity contribution in [3.05, 3.63) is 107 Å². The fourth-order valence-electron chi connectivity index (χ4n) is 3.95. The van der Waals surface area contributed by atoms with E-state index in [2.05, 4.69) is 45.1 Å². The zero-order valence-corrected chi connectivity index (χ0v) is 20.8. The van der Waals surface area contributed by atoms with E-state index in [9.17, 15) is 9.59 Å². The molecule has 1 atom stereocenters. The number of rotatable bonds is 10. The highest BCUT2D eigenvalue weighted by Gasteiger charge is 2.30. The molecule has 0 saturated heterocycles. The third kappa shape index (κ3) is 7.31. The van der Waals surface area contributed by atoms with Gasteiger partial charge in [0.15, 0.2) is 0 Å². The molecule has 0 radical (unpaired) electrons. The molecule has 178 valence electrons. The Balaban J connectivity index is 1.94. The number of benzene rings is 3. The third-order valence-electron chi connectivity index (χ3n) is 6.08. The summed E-state index contributed by atoms with van der Waals surface area (Å²) in [6, 6.07) is 25.3. The van der Waals surface area contributed by atoms with Crippen molar-refractivity contribution in [3.63, 3.8) is 0 Å². The molecule has 3 rings (SSSR count). The summed E-state index contributed by atoms with van der Waals surface area (Å²) < 4.78 is 0. The minimum Gasteiger partial charge on any atom is -0.354 e. The number of hydrogen-bond donors (Lipinski definition) is 1. The van der Waals surface area contributed by atoms with Gasteiger partial charge in [0.05, 0.1) is 6.42 Å². The molecule has 0 heterocycles. The Hall–Kier alpha value is -3.40. The largest absolute Gasteiger partial charge is 0.354 e. The molecule has 1 N–H and O–H groups in total. The SMILES string of the molecule is Cc1ccc(CC(=O)N(Cc2ccccc2)C(Cc2ccccc2)C(=O)NCC(C)C)cc1C. The van der Waals surface area contributed by atoms with Gasteiger partial charge in [0, 0.05) is 19.5 Å². The van der Waals surface area contributed by atoms with Gasteiger partial charge in [-0.1, -0.05) is 92.7 Å². The lowest BCUT2D eigenvalue weighted by Gasteiger charge is -2.32. The number of nitrogens with zero attached hydrogens (tertiary/aromatic N) is 1. The molecule has 2 amide bonds. The van der Waals surface area contributed by atoms with Crippen molar-refractivity contribution in [2.45, 2.75) is 53.1 Å². The van der Waals surface area contributed by atoms with E-state index in [4.69, 9.17) is 0 Å². The highest BCUT2D eigenvalue weighted by atomic mass is 16.2. The maximum absolute atomic E-state index is 13.7. The summed E-state index contributed by atoms with van der Waals surface area (Å²) in [4.78, 5) is 28.9. The van der Waals surface area contributed by atoms with Gasteiger partial charge in [-0.25, -0.2) is 0 Å². The molecule has 4 nitrogen and oxygen atoms in total. The van der Waals surface area contributed by atoms with Crippen molar-refractivity contribution in [1.29, 1.82) is 0 Å². The number of amides is 2. The van der Waals surface area contributed by atoms with E-state index >= 15 is 0 Å². The molecule has 0 saturated carbocycles. The molecule has 0 bridgehead atoms. The van der Waals surface area contributed by atoms with Crippen LogP contribution >= 0.6 is 0 Å². The minimum atomic E-state index is -0.597. The van der Waals surface area contributed by atoms with Crippen LogP contribution in [0.2, 0.25) is 0 Å². The molecule has 3 aromatic carbocycles. The van der Waals surface area contributed by atoms with Crippen LogP contribution in [-0.4, -0.2) is 29.3 Å². The standard InChI is InChI=1S/C30H36N2O2/c1-22(2)20-31-30(34)28(18-25-11-7-5-8-12-25)32(21-26-13-9-6-10-14-26)29(33)19-27-16-15-23(3)24(4)17-27/h5-17,22,28H,18-21H2,1-4H3,(H,31,34). The minimum absolute atomic E-state index is 0.0484. The van der Waals surface area contributed by atoms with Gasteiger partial charge in [-0.05, 0) is 47.6 Å². The number of carbonyl (C=O) groups excluding carboxylic acids is 2. The van der Waals surface area contributed by atoms with E-state index < -0.39 is 6.04 Å². The molecule has 0 aliphatic heterocycles. The molecule has 1 unspecified atom stereocenters. The number of nitrogens with one attached hydrogen (secondary N) is 1. The first-order valence-corrected chi connectivity index (χ1v) is 12.0. The van der Waals surface area contributed by atoms with Crippen LogP contribution in [0.15, 0.2) is 78.9 Å². The highest BCUT2D eigenvalue weighted by Crippen LogP contribution is 2.18. The first-order valence-electron chi connectivity index (χ1n) is 12.0. The maximum atomic E-state index is 13.7. The van der Waals surface area contributed by atoms with Crippen LogP contribution in [0, 0.1) is 19.8 Å². The van der Waals surface area contributed by atoms with Crippen molar-refractivity contribution < 1.29 is 9.59 Å². The molecule has 0 aromatic heterocycles. The van der Waals surface area contributed by atoms with Crippen molar-refractivity contribution in [2.75, 3.05) is 6.54 Å². The summed E-state index contributed by atoms with van der Waals surface area (Å²) in [5.74, 6) is 0.171. The third-order valence-corrected chi connectivity index (χ3v) is 6.08. The van der Waals surface area contributed by atoms with Crippen LogP contribution in [-0.2, 0) is 29.0 Å². The molecule has 0 fully saturated rings. The van der Waals surface area contributed by atoms with E-state index in [0.29, 0.717) is 25.4 Å². The Bertz CT molecular complexity index is 1080. The van der Waals surface area contributed by atoms with E-state index in [1.807, 2.05) is 66.7 Å². The second-order valence-corrected chi connectivity index (χ2v) is 9.45. The van der Waals surface area contributed by atoms with Crippen LogP contribution in [0.5, 0.6) is 0 Å². The molecule has 0 aliphatic carbocycles. The summed E-state index contributed by atoms with van der Waals surface area (Å²) in [7, 11) is 0. The molecular weight excluding hydrogens is 420 g/mol. The predicted octanol–water partition coefficient (Wildman–Crippen LogP) is 5.26. The highest BCUT2D eigenvalue weighted by molar-refractivity contribution is 5.88. The van der Waals surface area contributed by atoms with E-state index in [-0.39, 0.29) is 18.2 Å². The van der Waals surface area contributed by atoms with Gasteiger partial charge in [0.25, 0.3) is 0 Å². The Morgan fingerprint density at radius 3 is 2.00 bits per heavy atom. The first-order chi connectivity index (χ1) is 16.3. The summed E-state index contributed by atoms with van der Waals surface area (Å²) in [6.45, 7) is 9.23. The molecule has 34 heavy (non-hydrogen) atoms. The summed E-state index contributed by atoms with van der Waals surface area (Å²) in [5.41, 5.74) is 5.37. The van der Waals surface area contributed by atoms with Crippen molar-refractivity contribution in [3.8, 4) is 0 Å². The quantitative estimate of drug-likeness (QED) is 0.452. The lowest BCUT2D eigenvalue weighted by Crippen LogP contribution is -2.51. The van der Waals surface area contributed by atoms with Crippen LogP contribution in [0.3, 0.4) is 0 Å². The molecular formula is C30H36N2O2. The monoisotopic (exact) mass is 456 g/mol. The van der Waals surface area contributed by atoms with Gasteiger partial charge < -0.3 is 10.2 Å². The lowest BCUT2D eigenvalue weighted by molar-refractivity contribution is -0.140. The van der Waals surface area contributed by atoms with Crippen LogP contribution < -0.4 is 5.32 Å². The van der Waals surface area contributed by atoms with Gasteiger partial charge in [-0.15, -0.1) is 0 Å². The van der Waals surface area contributed by atoms with Crippen molar-refractivity contribution >= 4 is 11.8 Å².